The van der Waals surface area contributed by atoms with Crippen molar-refractivity contribution in [1.82, 2.24) is 4.98 Å². The van der Waals surface area contributed by atoms with Gasteiger partial charge in [0.05, 0.1) is 5.69 Å². The van der Waals surface area contributed by atoms with Crippen LogP contribution >= 0.6 is 0 Å². The maximum atomic E-state index is 10.8. The zero-order valence-electron chi connectivity index (χ0n) is 10.5. The van der Waals surface area contributed by atoms with Gasteiger partial charge in [-0.05, 0) is 18.3 Å². The molecule has 0 aliphatic heterocycles. The van der Waals surface area contributed by atoms with Crippen molar-refractivity contribution in [1.29, 1.82) is 0 Å². The number of hydrogen-bond acceptors (Lipinski definition) is 3. The number of nitrogens with zero attached hydrogens (tertiary/aromatic N) is 1. The number of rotatable bonds is 3. The minimum Gasteiger partial charge on any atom is -0.475 e. The second-order valence-electron chi connectivity index (χ2n) is 5.30. The number of carboxylic acids is 1. The molecule has 1 heterocycles. The third-order valence-corrected chi connectivity index (χ3v) is 2.99. The number of hydrogen-bond donors (Lipinski definition) is 1. The highest BCUT2D eigenvalue weighted by atomic mass is 16.4. The zero-order valence-corrected chi connectivity index (χ0v) is 10.5. The Morgan fingerprint density at radius 2 is 2.06 bits per heavy atom. The molecule has 0 spiro atoms. The van der Waals surface area contributed by atoms with Crippen LogP contribution in [0.15, 0.2) is 4.42 Å². The van der Waals surface area contributed by atoms with E-state index in [0.717, 1.165) is 0 Å². The van der Waals surface area contributed by atoms with E-state index in [9.17, 15) is 4.79 Å². The Morgan fingerprint density at radius 1 is 1.50 bits per heavy atom. The number of carboxylic acid groups (broad SMARTS) is 1. The second-order valence-corrected chi connectivity index (χ2v) is 5.30. The predicted molar refractivity (Wildman–Crippen MR) is 60.5 cm³/mol. The fraction of sp³-hybridized carbons (Fsp3) is 0.667. The van der Waals surface area contributed by atoms with E-state index in [2.05, 4.69) is 32.7 Å². The highest BCUT2D eigenvalue weighted by Crippen LogP contribution is 2.28. The van der Waals surface area contributed by atoms with Gasteiger partial charge in [-0.25, -0.2) is 9.78 Å². The van der Waals surface area contributed by atoms with Crippen LogP contribution in [-0.4, -0.2) is 16.1 Å². The molecule has 4 heteroatoms. The van der Waals surface area contributed by atoms with Crippen molar-refractivity contribution in [2.45, 2.75) is 41.0 Å². The minimum absolute atomic E-state index is 0.0453. The summed E-state index contributed by atoms with van der Waals surface area (Å²) >= 11 is 0. The van der Waals surface area contributed by atoms with Gasteiger partial charge in [0.25, 0.3) is 0 Å². The molecule has 0 amide bonds. The number of aromatic nitrogens is 1. The van der Waals surface area contributed by atoms with E-state index in [4.69, 9.17) is 9.52 Å². The molecule has 90 valence electrons. The number of carbonyl (C=O) groups is 1. The zero-order chi connectivity index (χ0) is 12.5. The van der Waals surface area contributed by atoms with Crippen LogP contribution in [0.1, 0.15) is 49.8 Å². The normalized spacial score (nSPS) is 13.8. The van der Waals surface area contributed by atoms with Gasteiger partial charge in [0.1, 0.15) is 0 Å². The average Bonchev–Trinajstić information content (AvgIpc) is 2.45. The van der Waals surface area contributed by atoms with E-state index in [-0.39, 0.29) is 11.2 Å². The summed E-state index contributed by atoms with van der Waals surface area (Å²) in [7, 11) is 0. The lowest BCUT2D eigenvalue weighted by Crippen LogP contribution is -2.19. The molecule has 0 saturated carbocycles. The van der Waals surface area contributed by atoms with E-state index >= 15 is 0 Å². The van der Waals surface area contributed by atoms with E-state index in [1.165, 1.54) is 0 Å². The van der Waals surface area contributed by atoms with E-state index in [1.54, 1.807) is 6.92 Å². The Hall–Kier alpha value is -1.32. The summed E-state index contributed by atoms with van der Waals surface area (Å²) in [5.74, 6) is -0.208. The molecular weight excluding hydrogens is 206 g/mol. The third kappa shape index (κ3) is 2.84. The number of oxazole rings is 1. The molecule has 1 N–H and O–H groups in total. The largest absolute Gasteiger partial charge is 0.475 e. The lowest BCUT2D eigenvalue weighted by molar-refractivity contribution is 0.0658. The SMILES string of the molecule is Cc1nc(CC(C)C(C)(C)C)oc1C(=O)O. The van der Waals surface area contributed by atoms with Crippen LogP contribution in [0.2, 0.25) is 0 Å². The molecule has 1 atom stereocenters. The quantitative estimate of drug-likeness (QED) is 0.859. The van der Waals surface area contributed by atoms with E-state index in [1.807, 2.05) is 0 Å². The highest BCUT2D eigenvalue weighted by Gasteiger charge is 2.24. The van der Waals surface area contributed by atoms with Gasteiger partial charge in [0, 0.05) is 6.42 Å². The van der Waals surface area contributed by atoms with Crippen molar-refractivity contribution in [2.75, 3.05) is 0 Å². The van der Waals surface area contributed by atoms with Gasteiger partial charge in [-0.15, -0.1) is 0 Å². The molecule has 1 aromatic heterocycles. The monoisotopic (exact) mass is 225 g/mol. The van der Waals surface area contributed by atoms with Crippen molar-refractivity contribution in [3.63, 3.8) is 0 Å². The first kappa shape index (κ1) is 12.7. The Balaban J connectivity index is 2.84. The van der Waals surface area contributed by atoms with Crippen LogP contribution < -0.4 is 0 Å². The summed E-state index contributed by atoms with van der Waals surface area (Å²) in [6.07, 6.45) is 0.664. The van der Waals surface area contributed by atoms with Gasteiger partial charge < -0.3 is 9.52 Å². The summed E-state index contributed by atoms with van der Waals surface area (Å²) in [5.41, 5.74) is 0.606. The molecule has 0 fully saturated rings. The second kappa shape index (κ2) is 4.28. The predicted octanol–water partition coefficient (Wildman–Crippen LogP) is 2.91. The standard InChI is InChI=1S/C12H19NO3/c1-7(12(3,4)5)6-9-13-8(2)10(16-9)11(14)15/h7H,6H2,1-5H3,(H,14,15). The lowest BCUT2D eigenvalue weighted by atomic mass is 9.80. The average molecular weight is 225 g/mol. The van der Waals surface area contributed by atoms with Gasteiger partial charge in [-0.3, -0.25) is 0 Å². The first-order valence-corrected chi connectivity index (χ1v) is 5.41. The van der Waals surface area contributed by atoms with Crippen LogP contribution in [0.3, 0.4) is 0 Å². The van der Waals surface area contributed by atoms with Crippen LogP contribution in [0.5, 0.6) is 0 Å². The summed E-state index contributed by atoms with van der Waals surface area (Å²) in [5, 5.41) is 8.84. The Kier molecular flexibility index (Phi) is 3.41. The first-order valence-electron chi connectivity index (χ1n) is 5.41. The molecule has 0 aromatic carbocycles. The molecule has 0 saturated heterocycles. The van der Waals surface area contributed by atoms with E-state index in [0.29, 0.717) is 23.9 Å². The van der Waals surface area contributed by atoms with E-state index < -0.39 is 5.97 Å². The van der Waals surface area contributed by atoms with Crippen LogP contribution in [0.25, 0.3) is 0 Å². The number of aromatic carboxylic acids is 1. The smallest absolute Gasteiger partial charge is 0.373 e. The summed E-state index contributed by atoms with van der Waals surface area (Å²) in [6, 6.07) is 0. The van der Waals surface area contributed by atoms with Crippen LogP contribution in [0.4, 0.5) is 0 Å². The summed E-state index contributed by atoms with van der Waals surface area (Å²) < 4.78 is 5.23. The van der Waals surface area contributed by atoms with Crippen molar-refractivity contribution in [2.24, 2.45) is 11.3 Å². The summed E-state index contributed by atoms with van der Waals surface area (Å²) in [4.78, 5) is 14.9. The van der Waals surface area contributed by atoms with Gasteiger partial charge in [0.15, 0.2) is 5.89 Å². The van der Waals surface area contributed by atoms with Crippen LogP contribution in [-0.2, 0) is 6.42 Å². The maximum Gasteiger partial charge on any atom is 0.373 e. The van der Waals surface area contributed by atoms with Crippen molar-refractivity contribution < 1.29 is 14.3 Å². The molecule has 0 aliphatic rings. The van der Waals surface area contributed by atoms with Gasteiger partial charge in [-0.2, -0.15) is 0 Å². The maximum absolute atomic E-state index is 10.8. The highest BCUT2D eigenvalue weighted by molar-refractivity contribution is 5.85. The molecule has 16 heavy (non-hydrogen) atoms. The first-order chi connectivity index (χ1) is 7.21. The van der Waals surface area contributed by atoms with Crippen molar-refractivity contribution in [3.8, 4) is 0 Å². The minimum atomic E-state index is -1.06. The van der Waals surface area contributed by atoms with Gasteiger partial charge in [0.2, 0.25) is 5.76 Å². The Morgan fingerprint density at radius 3 is 2.44 bits per heavy atom. The molecule has 1 rings (SSSR count). The fourth-order valence-corrected chi connectivity index (χ4v) is 1.31. The van der Waals surface area contributed by atoms with Crippen molar-refractivity contribution >= 4 is 5.97 Å². The van der Waals surface area contributed by atoms with Gasteiger partial charge in [-0.1, -0.05) is 27.7 Å². The third-order valence-electron chi connectivity index (χ3n) is 2.99. The van der Waals surface area contributed by atoms with Gasteiger partial charge >= 0.3 is 5.97 Å². The van der Waals surface area contributed by atoms with Crippen molar-refractivity contribution in [3.05, 3.63) is 17.3 Å². The molecule has 4 nitrogen and oxygen atoms in total. The summed E-state index contributed by atoms with van der Waals surface area (Å²) in [6.45, 7) is 10.2. The molecule has 0 radical (unpaired) electrons. The molecule has 1 aromatic rings. The Labute approximate surface area is 95.7 Å². The fourth-order valence-electron chi connectivity index (χ4n) is 1.31. The Bertz CT molecular complexity index is 387. The number of aryl methyl sites for hydroxylation is 1. The molecule has 0 aliphatic carbocycles. The topological polar surface area (TPSA) is 63.3 Å². The molecule has 1 unspecified atom stereocenters. The molecular formula is C12H19NO3. The van der Waals surface area contributed by atoms with Crippen LogP contribution in [0, 0.1) is 18.3 Å². The molecule has 0 bridgehead atoms. The lowest BCUT2D eigenvalue weighted by Gasteiger charge is -2.25.